The van der Waals surface area contributed by atoms with Gasteiger partial charge in [0.25, 0.3) is 0 Å². The maximum Gasteiger partial charge on any atom is 0.246 e. The van der Waals surface area contributed by atoms with Crippen molar-refractivity contribution in [2.75, 3.05) is 26.2 Å². The molecule has 1 aliphatic rings. The van der Waals surface area contributed by atoms with Gasteiger partial charge in [0.1, 0.15) is 0 Å². The van der Waals surface area contributed by atoms with E-state index in [9.17, 15) is 13.6 Å². The summed E-state index contributed by atoms with van der Waals surface area (Å²) < 4.78 is 22.3. The van der Waals surface area contributed by atoms with Crippen LogP contribution in [0.4, 0.5) is 0 Å². The Labute approximate surface area is 79.4 Å². The summed E-state index contributed by atoms with van der Waals surface area (Å²) in [6, 6.07) is 0. The van der Waals surface area contributed by atoms with Gasteiger partial charge < -0.3 is 9.45 Å². The summed E-state index contributed by atoms with van der Waals surface area (Å²) in [6.45, 7) is 4.99. The predicted octanol–water partition coefficient (Wildman–Crippen LogP) is -0.889. The third kappa shape index (κ3) is 2.61. The Kier molecular flexibility index (Phi) is 3.58. The zero-order chi connectivity index (χ0) is 9.84. The van der Waals surface area contributed by atoms with Gasteiger partial charge in [-0.1, -0.05) is 6.58 Å². The van der Waals surface area contributed by atoms with Crippen LogP contribution in [0.15, 0.2) is 12.7 Å². The van der Waals surface area contributed by atoms with Crippen molar-refractivity contribution in [3.05, 3.63) is 12.7 Å². The number of amides is 1. The van der Waals surface area contributed by atoms with Crippen molar-refractivity contribution < 1.29 is 13.6 Å². The van der Waals surface area contributed by atoms with E-state index in [2.05, 4.69) is 6.58 Å². The number of carbonyl (C=O) groups is 1. The lowest BCUT2D eigenvalue weighted by atomic mass is 10.3. The van der Waals surface area contributed by atoms with Crippen LogP contribution in [-0.4, -0.2) is 50.1 Å². The summed E-state index contributed by atoms with van der Waals surface area (Å²) in [5.74, 6) is -0.142. The molecular weight excluding hydrogens is 192 g/mol. The fourth-order valence-electron chi connectivity index (χ4n) is 1.19. The van der Waals surface area contributed by atoms with Crippen LogP contribution in [0.3, 0.4) is 0 Å². The largest absolute Gasteiger partial charge is 0.760 e. The summed E-state index contributed by atoms with van der Waals surface area (Å²) in [7, 11) is 0. The predicted molar refractivity (Wildman–Crippen MR) is 47.3 cm³/mol. The molecule has 1 heterocycles. The Morgan fingerprint density at radius 1 is 1.38 bits per heavy atom. The zero-order valence-electron chi connectivity index (χ0n) is 7.14. The van der Waals surface area contributed by atoms with E-state index in [1.54, 1.807) is 4.90 Å². The molecule has 13 heavy (non-hydrogen) atoms. The van der Waals surface area contributed by atoms with Crippen molar-refractivity contribution in [1.82, 2.24) is 9.21 Å². The molecule has 1 amide bonds. The summed E-state index contributed by atoms with van der Waals surface area (Å²) >= 11 is -2.16. The Balaban J connectivity index is 2.43. The minimum absolute atomic E-state index is 0.142. The second-order valence-corrected chi connectivity index (χ2v) is 3.63. The molecule has 5 nitrogen and oxygen atoms in total. The molecule has 1 unspecified atom stereocenters. The van der Waals surface area contributed by atoms with E-state index in [1.807, 2.05) is 0 Å². The van der Waals surface area contributed by atoms with E-state index in [0.717, 1.165) is 0 Å². The van der Waals surface area contributed by atoms with Crippen LogP contribution in [0.5, 0.6) is 0 Å². The van der Waals surface area contributed by atoms with Gasteiger partial charge in [-0.2, -0.15) is 0 Å². The molecule has 0 radical (unpaired) electrons. The quantitative estimate of drug-likeness (QED) is 0.432. The normalized spacial score (nSPS) is 21.2. The molecule has 0 bridgehead atoms. The number of rotatable bonds is 2. The highest BCUT2D eigenvalue weighted by Crippen LogP contribution is 2.03. The standard InChI is InChI=1S/C7H12N2O3S/c1-2-7(10)8-3-5-9(6-4-8)13(11)12/h2H,1,3-6H2,(H,11,12)/p-1. The van der Waals surface area contributed by atoms with E-state index in [-0.39, 0.29) is 5.91 Å². The van der Waals surface area contributed by atoms with E-state index in [1.165, 1.54) is 10.4 Å². The maximum absolute atomic E-state index is 11.1. The summed E-state index contributed by atoms with van der Waals surface area (Å²) in [4.78, 5) is 12.7. The fourth-order valence-corrected chi connectivity index (χ4v) is 1.65. The van der Waals surface area contributed by atoms with Gasteiger partial charge in [-0.25, -0.2) is 4.31 Å². The van der Waals surface area contributed by atoms with Crippen molar-refractivity contribution in [2.24, 2.45) is 0 Å². The maximum atomic E-state index is 11.1. The monoisotopic (exact) mass is 203 g/mol. The van der Waals surface area contributed by atoms with Crippen molar-refractivity contribution in [1.29, 1.82) is 0 Å². The van der Waals surface area contributed by atoms with Crippen LogP contribution in [0.1, 0.15) is 0 Å². The molecule has 1 fully saturated rings. The number of hydrogen-bond acceptors (Lipinski definition) is 3. The molecule has 0 aliphatic carbocycles. The second kappa shape index (κ2) is 4.50. The van der Waals surface area contributed by atoms with E-state index >= 15 is 0 Å². The van der Waals surface area contributed by atoms with Crippen LogP contribution < -0.4 is 0 Å². The molecule has 0 aromatic rings. The van der Waals surface area contributed by atoms with Gasteiger partial charge in [-0.15, -0.1) is 0 Å². The molecule has 1 rings (SSSR count). The average Bonchev–Trinajstić information content (AvgIpc) is 2.17. The highest BCUT2D eigenvalue weighted by atomic mass is 32.2. The van der Waals surface area contributed by atoms with Crippen LogP contribution >= 0.6 is 0 Å². The molecule has 0 N–H and O–H groups in total. The molecular formula is C7H11N2O3S-. The first-order valence-electron chi connectivity index (χ1n) is 3.91. The summed E-state index contributed by atoms with van der Waals surface area (Å²) in [5, 5.41) is 0. The first-order chi connectivity index (χ1) is 6.15. The van der Waals surface area contributed by atoms with Crippen LogP contribution in [0.25, 0.3) is 0 Å². The Morgan fingerprint density at radius 3 is 2.31 bits per heavy atom. The highest BCUT2D eigenvalue weighted by molar-refractivity contribution is 7.76. The minimum Gasteiger partial charge on any atom is -0.760 e. The van der Waals surface area contributed by atoms with Crippen molar-refractivity contribution in [3.63, 3.8) is 0 Å². The van der Waals surface area contributed by atoms with Gasteiger partial charge >= 0.3 is 0 Å². The molecule has 0 spiro atoms. The van der Waals surface area contributed by atoms with Crippen molar-refractivity contribution in [3.8, 4) is 0 Å². The molecule has 6 heteroatoms. The lowest BCUT2D eigenvalue weighted by molar-refractivity contribution is -0.127. The van der Waals surface area contributed by atoms with Gasteiger partial charge in [0, 0.05) is 37.4 Å². The van der Waals surface area contributed by atoms with Gasteiger partial charge in [0.2, 0.25) is 5.91 Å². The minimum atomic E-state index is -2.16. The topological polar surface area (TPSA) is 63.7 Å². The Bertz CT molecular complexity index is 236. The zero-order valence-corrected chi connectivity index (χ0v) is 7.96. The lowest BCUT2D eigenvalue weighted by Gasteiger charge is -2.34. The molecule has 1 saturated heterocycles. The second-order valence-electron chi connectivity index (χ2n) is 2.68. The van der Waals surface area contributed by atoms with E-state index in [0.29, 0.717) is 26.2 Å². The van der Waals surface area contributed by atoms with Crippen LogP contribution in [-0.2, 0) is 16.1 Å². The van der Waals surface area contributed by atoms with Crippen LogP contribution in [0, 0.1) is 0 Å². The van der Waals surface area contributed by atoms with Crippen molar-refractivity contribution >= 4 is 17.2 Å². The Hall–Kier alpha value is -0.720. The van der Waals surface area contributed by atoms with Gasteiger partial charge in [0.05, 0.1) is 0 Å². The van der Waals surface area contributed by atoms with Gasteiger partial charge in [-0.05, 0) is 6.08 Å². The highest BCUT2D eigenvalue weighted by Gasteiger charge is 2.19. The Morgan fingerprint density at radius 2 is 1.92 bits per heavy atom. The first-order valence-corrected chi connectivity index (χ1v) is 4.94. The average molecular weight is 203 g/mol. The summed E-state index contributed by atoms with van der Waals surface area (Å²) in [6.07, 6.45) is 1.24. The fraction of sp³-hybridized carbons (Fsp3) is 0.571. The summed E-state index contributed by atoms with van der Waals surface area (Å²) in [5.41, 5.74) is 0. The lowest BCUT2D eigenvalue weighted by Crippen LogP contribution is -2.48. The number of carbonyl (C=O) groups excluding carboxylic acids is 1. The molecule has 74 valence electrons. The third-order valence-electron chi connectivity index (χ3n) is 1.94. The molecule has 0 aromatic carbocycles. The van der Waals surface area contributed by atoms with E-state index in [4.69, 9.17) is 0 Å². The first kappa shape index (κ1) is 10.4. The van der Waals surface area contributed by atoms with Gasteiger partial charge in [-0.3, -0.25) is 9.00 Å². The SMILES string of the molecule is C=CC(=O)N1CCN(S(=O)[O-])CC1. The number of hydrogen-bond donors (Lipinski definition) is 0. The van der Waals surface area contributed by atoms with E-state index < -0.39 is 11.3 Å². The molecule has 0 aromatic heterocycles. The smallest absolute Gasteiger partial charge is 0.246 e. The molecule has 1 aliphatic heterocycles. The van der Waals surface area contributed by atoms with Gasteiger partial charge in [0.15, 0.2) is 0 Å². The third-order valence-corrected chi connectivity index (χ3v) is 2.72. The molecule has 0 saturated carbocycles. The van der Waals surface area contributed by atoms with Crippen molar-refractivity contribution in [2.45, 2.75) is 0 Å². The van der Waals surface area contributed by atoms with Crippen LogP contribution in [0.2, 0.25) is 0 Å². The molecule has 1 atom stereocenters. The number of piperazine rings is 1. The number of nitrogens with zero attached hydrogens (tertiary/aromatic N) is 2.